The number of benzene rings is 1. The first-order valence-corrected chi connectivity index (χ1v) is 8.06. The standard InChI is InChI=1S/C14H21NO5S/c1-10(2)11-4-6-12(7-5-11)21(19,20)15-9-14(3,18)8-13(16)17/h4-7,10,15,18H,8-9H2,1-3H3,(H,16,17). The molecule has 3 N–H and O–H groups in total. The van der Waals surface area contributed by atoms with Crippen molar-refractivity contribution in [3.63, 3.8) is 0 Å². The van der Waals surface area contributed by atoms with E-state index >= 15 is 0 Å². The number of carboxylic acid groups (broad SMARTS) is 1. The van der Waals surface area contributed by atoms with Crippen LogP contribution in [-0.2, 0) is 14.8 Å². The van der Waals surface area contributed by atoms with E-state index in [9.17, 15) is 18.3 Å². The molecule has 0 saturated heterocycles. The predicted molar refractivity (Wildman–Crippen MR) is 78.6 cm³/mol. The highest BCUT2D eigenvalue weighted by Crippen LogP contribution is 2.17. The summed E-state index contributed by atoms with van der Waals surface area (Å²) in [7, 11) is -3.77. The molecular weight excluding hydrogens is 294 g/mol. The number of nitrogens with one attached hydrogen (secondary N) is 1. The summed E-state index contributed by atoms with van der Waals surface area (Å²) in [6.45, 7) is 4.91. The number of hydrogen-bond acceptors (Lipinski definition) is 4. The van der Waals surface area contributed by atoms with Crippen LogP contribution in [-0.4, -0.2) is 36.7 Å². The molecule has 0 saturated carbocycles. The van der Waals surface area contributed by atoms with Gasteiger partial charge in [0.05, 0.1) is 16.9 Å². The smallest absolute Gasteiger partial charge is 0.306 e. The molecular formula is C14H21NO5S. The van der Waals surface area contributed by atoms with Crippen LogP contribution in [0.4, 0.5) is 0 Å². The third-order valence-electron chi connectivity index (χ3n) is 3.03. The number of rotatable bonds is 7. The lowest BCUT2D eigenvalue weighted by atomic mass is 10.0. The van der Waals surface area contributed by atoms with Gasteiger partial charge in [0.15, 0.2) is 0 Å². The fraction of sp³-hybridized carbons (Fsp3) is 0.500. The minimum absolute atomic E-state index is 0.0815. The Labute approximate surface area is 124 Å². The van der Waals surface area contributed by atoms with Gasteiger partial charge in [0, 0.05) is 6.54 Å². The second-order valence-corrected chi connectivity index (χ2v) is 7.38. The second kappa shape index (κ2) is 6.55. The first-order valence-electron chi connectivity index (χ1n) is 6.57. The lowest BCUT2D eigenvalue weighted by molar-refractivity contribution is -0.141. The first kappa shape index (κ1) is 17.6. The normalized spacial score (nSPS) is 14.9. The van der Waals surface area contributed by atoms with Crippen LogP contribution in [0, 0.1) is 0 Å². The summed E-state index contributed by atoms with van der Waals surface area (Å²) in [6.07, 6.45) is -0.540. The highest BCUT2D eigenvalue weighted by Gasteiger charge is 2.27. The van der Waals surface area contributed by atoms with Gasteiger partial charge in [0.1, 0.15) is 0 Å². The molecule has 21 heavy (non-hydrogen) atoms. The van der Waals surface area contributed by atoms with Crippen molar-refractivity contribution in [2.75, 3.05) is 6.54 Å². The Morgan fingerprint density at radius 1 is 1.29 bits per heavy atom. The van der Waals surface area contributed by atoms with E-state index in [4.69, 9.17) is 5.11 Å². The van der Waals surface area contributed by atoms with E-state index in [2.05, 4.69) is 4.72 Å². The minimum Gasteiger partial charge on any atom is -0.481 e. The molecule has 1 aromatic rings. The zero-order valence-corrected chi connectivity index (χ0v) is 13.1. The van der Waals surface area contributed by atoms with Gasteiger partial charge in [-0.05, 0) is 30.5 Å². The number of carbonyl (C=O) groups is 1. The largest absolute Gasteiger partial charge is 0.481 e. The van der Waals surface area contributed by atoms with Crippen LogP contribution < -0.4 is 4.72 Å². The molecule has 0 amide bonds. The van der Waals surface area contributed by atoms with Crippen LogP contribution >= 0.6 is 0 Å². The molecule has 0 aliphatic heterocycles. The van der Waals surface area contributed by atoms with Crippen LogP contribution in [0.5, 0.6) is 0 Å². The summed E-state index contributed by atoms with van der Waals surface area (Å²) in [5.41, 5.74) is -0.622. The Hall–Kier alpha value is -1.44. The van der Waals surface area contributed by atoms with Crippen molar-refractivity contribution < 1.29 is 23.4 Å². The van der Waals surface area contributed by atoms with Gasteiger partial charge in [-0.2, -0.15) is 0 Å². The topological polar surface area (TPSA) is 104 Å². The van der Waals surface area contributed by atoms with Crippen molar-refractivity contribution in [2.24, 2.45) is 0 Å². The van der Waals surface area contributed by atoms with E-state index in [-0.39, 0.29) is 11.4 Å². The SMILES string of the molecule is CC(C)c1ccc(S(=O)(=O)NCC(C)(O)CC(=O)O)cc1. The molecule has 0 radical (unpaired) electrons. The molecule has 1 rings (SSSR count). The van der Waals surface area contributed by atoms with Gasteiger partial charge in [-0.15, -0.1) is 0 Å². The van der Waals surface area contributed by atoms with Gasteiger partial charge in [-0.3, -0.25) is 4.79 Å². The Kier molecular flexibility index (Phi) is 5.49. The maximum Gasteiger partial charge on any atom is 0.306 e. The molecule has 7 heteroatoms. The number of hydrogen-bond donors (Lipinski definition) is 3. The van der Waals surface area contributed by atoms with Gasteiger partial charge in [-0.1, -0.05) is 26.0 Å². The van der Waals surface area contributed by atoms with Gasteiger partial charge in [0.25, 0.3) is 0 Å². The van der Waals surface area contributed by atoms with Crippen molar-refractivity contribution in [2.45, 2.75) is 43.6 Å². The summed E-state index contributed by atoms with van der Waals surface area (Å²) < 4.78 is 26.4. The van der Waals surface area contributed by atoms with E-state index in [1.807, 2.05) is 13.8 Å². The molecule has 1 aromatic carbocycles. The second-order valence-electron chi connectivity index (χ2n) is 5.62. The maximum absolute atomic E-state index is 12.1. The Balaban J connectivity index is 2.80. The molecule has 1 unspecified atom stereocenters. The molecule has 0 bridgehead atoms. The fourth-order valence-electron chi connectivity index (χ4n) is 1.75. The maximum atomic E-state index is 12.1. The summed E-state index contributed by atoms with van der Waals surface area (Å²) in [5.74, 6) is -0.897. The van der Waals surface area contributed by atoms with Gasteiger partial charge >= 0.3 is 5.97 Å². The van der Waals surface area contributed by atoms with E-state index in [1.165, 1.54) is 19.1 Å². The summed E-state index contributed by atoms with van der Waals surface area (Å²) >= 11 is 0. The first-order chi connectivity index (χ1) is 9.53. The Morgan fingerprint density at radius 3 is 2.24 bits per heavy atom. The number of aliphatic hydroxyl groups is 1. The summed E-state index contributed by atoms with van der Waals surface area (Å²) in [6, 6.07) is 6.44. The van der Waals surface area contributed by atoms with Crippen molar-refractivity contribution in [3.8, 4) is 0 Å². The van der Waals surface area contributed by atoms with E-state index in [1.54, 1.807) is 12.1 Å². The van der Waals surface area contributed by atoms with Crippen molar-refractivity contribution >= 4 is 16.0 Å². The zero-order valence-electron chi connectivity index (χ0n) is 12.3. The zero-order chi connectivity index (χ0) is 16.3. The molecule has 0 fully saturated rings. The lowest BCUT2D eigenvalue weighted by Crippen LogP contribution is -2.42. The monoisotopic (exact) mass is 315 g/mol. The average molecular weight is 315 g/mol. The van der Waals surface area contributed by atoms with Crippen LogP contribution in [0.1, 0.15) is 38.7 Å². The summed E-state index contributed by atoms with van der Waals surface area (Å²) in [5, 5.41) is 18.4. The third-order valence-corrected chi connectivity index (χ3v) is 4.45. The molecule has 0 aliphatic rings. The lowest BCUT2D eigenvalue weighted by Gasteiger charge is -2.21. The van der Waals surface area contributed by atoms with Crippen molar-refractivity contribution in [3.05, 3.63) is 29.8 Å². The van der Waals surface area contributed by atoms with E-state index in [0.29, 0.717) is 5.92 Å². The van der Waals surface area contributed by atoms with Crippen molar-refractivity contribution in [1.29, 1.82) is 0 Å². The van der Waals surface area contributed by atoms with Gasteiger partial charge < -0.3 is 10.2 Å². The molecule has 0 aromatic heterocycles. The minimum atomic E-state index is -3.77. The number of sulfonamides is 1. The third kappa shape index (κ3) is 5.45. The Bertz CT molecular complexity index is 590. The number of carboxylic acids is 1. The van der Waals surface area contributed by atoms with Crippen LogP contribution in [0.25, 0.3) is 0 Å². The quantitative estimate of drug-likeness (QED) is 0.704. The molecule has 0 spiro atoms. The van der Waals surface area contributed by atoms with Crippen LogP contribution in [0.3, 0.4) is 0 Å². The predicted octanol–water partition coefficient (Wildman–Crippen LogP) is 1.31. The highest BCUT2D eigenvalue weighted by molar-refractivity contribution is 7.89. The van der Waals surface area contributed by atoms with E-state index < -0.39 is 28.0 Å². The Morgan fingerprint density at radius 2 is 1.81 bits per heavy atom. The number of aliphatic carboxylic acids is 1. The molecule has 6 nitrogen and oxygen atoms in total. The highest BCUT2D eigenvalue weighted by atomic mass is 32.2. The molecule has 0 heterocycles. The van der Waals surface area contributed by atoms with E-state index in [0.717, 1.165) is 5.56 Å². The summed E-state index contributed by atoms with van der Waals surface area (Å²) in [4.78, 5) is 10.7. The fourth-order valence-corrected chi connectivity index (χ4v) is 2.92. The van der Waals surface area contributed by atoms with Crippen LogP contribution in [0.15, 0.2) is 29.2 Å². The average Bonchev–Trinajstić information content (AvgIpc) is 2.35. The van der Waals surface area contributed by atoms with Gasteiger partial charge in [-0.25, -0.2) is 13.1 Å². The molecule has 0 aliphatic carbocycles. The van der Waals surface area contributed by atoms with Gasteiger partial charge in [0.2, 0.25) is 10.0 Å². The molecule has 1 atom stereocenters. The van der Waals surface area contributed by atoms with Crippen LogP contribution in [0.2, 0.25) is 0 Å². The van der Waals surface area contributed by atoms with Crippen molar-refractivity contribution in [1.82, 2.24) is 4.72 Å². The molecule has 118 valence electrons.